The Bertz CT molecular complexity index is 304. The average molecular weight is 147 g/mol. The predicted molar refractivity (Wildman–Crippen MR) is 43.2 cm³/mol. The zero-order valence-corrected chi connectivity index (χ0v) is 6.12. The molecule has 2 rings (SSSR count). The first-order chi connectivity index (χ1) is 5.38. The Labute approximate surface area is 65.2 Å². The van der Waals surface area contributed by atoms with Crippen LogP contribution in [-0.4, -0.2) is 10.1 Å². The zero-order valence-electron chi connectivity index (χ0n) is 6.12. The van der Waals surface area contributed by atoms with Crippen molar-refractivity contribution in [2.24, 2.45) is 0 Å². The molecule has 0 aromatic carbocycles. The third kappa shape index (κ3) is 1.00. The molecule has 1 N–H and O–H groups in total. The number of nitrogens with zero attached hydrogens (tertiary/aromatic N) is 1. The van der Waals surface area contributed by atoms with E-state index >= 15 is 0 Å². The summed E-state index contributed by atoms with van der Waals surface area (Å²) >= 11 is 0. The molecule has 0 fully saturated rings. The SMILES string of the molecule is OC1=CCCc2ncccc21. The monoisotopic (exact) mass is 147 g/mol. The molecule has 0 amide bonds. The van der Waals surface area contributed by atoms with Gasteiger partial charge in [0.15, 0.2) is 0 Å². The van der Waals surface area contributed by atoms with Gasteiger partial charge in [0.1, 0.15) is 5.76 Å². The van der Waals surface area contributed by atoms with E-state index in [4.69, 9.17) is 0 Å². The van der Waals surface area contributed by atoms with Crippen LogP contribution in [0.4, 0.5) is 0 Å². The number of aliphatic hydroxyl groups is 1. The van der Waals surface area contributed by atoms with E-state index < -0.39 is 0 Å². The molecule has 1 heterocycles. The summed E-state index contributed by atoms with van der Waals surface area (Å²) in [4.78, 5) is 4.17. The number of aryl methyl sites for hydroxylation is 1. The molecule has 2 heteroatoms. The lowest BCUT2D eigenvalue weighted by Gasteiger charge is -2.10. The molecule has 1 aromatic heterocycles. The van der Waals surface area contributed by atoms with Gasteiger partial charge in [-0.3, -0.25) is 4.98 Å². The van der Waals surface area contributed by atoms with E-state index in [1.54, 1.807) is 6.20 Å². The van der Waals surface area contributed by atoms with Crippen LogP contribution in [0, 0.1) is 0 Å². The van der Waals surface area contributed by atoms with Gasteiger partial charge < -0.3 is 5.11 Å². The van der Waals surface area contributed by atoms with Crippen molar-refractivity contribution in [2.75, 3.05) is 0 Å². The first-order valence-corrected chi connectivity index (χ1v) is 3.71. The van der Waals surface area contributed by atoms with Gasteiger partial charge in [-0.15, -0.1) is 0 Å². The molecule has 0 aliphatic heterocycles. The molecule has 1 aliphatic carbocycles. The number of hydrogen-bond donors (Lipinski definition) is 1. The fourth-order valence-electron chi connectivity index (χ4n) is 1.33. The van der Waals surface area contributed by atoms with Crippen molar-refractivity contribution in [2.45, 2.75) is 12.8 Å². The minimum absolute atomic E-state index is 0.374. The maximum atomic E-state index is 9.38. The van der Waals surface area contributed by atoms with Crippen molar-refractivity contribution < 1.29 is 5.11 Å². The predicted octanol–water partition coefficient (Wildman–Crippen LogP) is 1.93. The number of hydrogen-bond acceptors (Lipinski definition) is 2. The van der Waals surface area contributed by atoms with Crippen LogP contribution in [-0.2, 0) is 6.42 Å². The highest BCUT2D eigenvalue weighted by Gasteiger charge is 2.10. The second kappa shape index (κ2) is 2.38. The van der Waals surface area contributed by atoms with Crippen molar-refractivity contribution in [1.29, 1.82) is 0 Å². The van der Waals surface area contributed by atoms with Crippen molar-refractivity contribution >= 4 is 5.76 Å². The number of rotatable bonds is 0. The summed E-state index contributed by atoms with van der Waals surface area (Å²) in [5.74, 6) is 0.374. The summed E-state index contributed by atoms with van der Waals surface area (Å²) in [7, 11) is 0. The van der Waals surface area contributed by atoms with Crippen molar-refractivity contribution in [1.82, 2.24) is 4.98 Å². The van der Waals surface area contributed by atoms with Gasteiger partial charge in [-0.05, 0) is 31.1 Å². The highest BCUT2D eigenvalue weighted by atomic mass is 16.3. The molecule has 0 spiro atoms. The van der Waals surface area contributed by atoms with E-state index in [1.165, 1.54) is 0 Å². The molecule has 0 saturated carbocycles. The second-order valence-electron chi connectivity index (χ2n) is 2.63. The normalized spacial score (nSPS) is 15.5. The maximum Gasteiger partial charge on any atom is 0.120 e. The smallest absolute Gasteiger partial charge is 0.120 e. The Kier molecular flexibility index (Phi) is 1.39. The van der Waals surface area contributed by atoms with Gasteiger partial charge in [0.2, 0.25) is 0 Å². The van der Waals surface area contributed by atoms with E-state index in [9.17, 15) is 5.11 Å². The van der Waals surface area contributed by atoms with E-state index in [1.807, 2.05) is 18.2 Å². The van der Waals surface area contributed by atoms with Crippen LogP contribution in [0.5, 0.6) is 0 Å². The zero-order chi connectivity index (χ0) is 7.68. The standard InChI is InChI=1S/C9H9NO/c11-9-5-1-4-8-7(9)3-2-6-10-8/h2-3,5-6,11H,1,4H2. The van der Waals surface area contributed by atoms with Crippen LogP contribution in [0.2, 0.25) is 0 Å². The van der Waals surface area contributed by atoms with Crippen LogP contribution in [0.1, 0.15) is 17.7 Å². The largest absolute Gasteiger partial charge is 0.508 e. The molecule has 0 saturated heterocycles. The van der Waals surface area contributed by atoms with Gasteiger partial charge >= 0.3 is 0 Å². The molecule has 0 radical (unpaired) electrons. The molecule has 0 atom stereocenters. The Hall–Kier alpha value is -1.31. The second-order valence-corrected chi connectivity index (χ2v) is 2.63. The molecule has 1 aromatic rings. The van der Waals surface area contributed by atoms with E-state index in [2.05, 4.69) is 4.98 Å². The molecule has 1 aliphatic rings. The van der Waals surface area contributed by atoms with Crippen LogP contribution in [0.3, 0.4) is 0 Å². The Morgan fingerprint density at radius 3 is 3.18 bits per heavy atom. The van der Waals surface area contributed by atoms with Crippen molar-refractivity contribution in [3.63, 3.8) is 0 Å². The van der Waals surface area contributed by atoms with Gasteiger partial charge in [-0.25, -0.2) is 0 Å². The lowest BCUT2D eigenvalue weighted by atomic mass is 10.0. The van der Waals surface area contributed by atoms with Gasteiger partial charge in [-0.2, -0.15) is 0 Å². The van der Waals surface area contributed by atoms with Crippen LogP contribution in [0.25, 0.3) is 5.76 Å². The number of allylic oxidation sites excluding steroid dienone is 1. The highest BCUT2D eigenvalue weighted by molar-refractivity contribution is 5.62. The summed E-state index contributed by atoms with van der Waals surface area (Å²) in [5.41, 5.74) is 1.89. The highest BCUT2D eigenvalue weighted by Crippen LogP contribution is 2.21. The maximum absolute atomic E-state index is 9.38. The Morgan fingerprint density at radius 1 is 1.45 bits per heavy atom. The third-order valence-corrected chi connectivity index (χ3v) is 1.89. The number of fused-ring (bicyclic) bond motifs is 1. The van der Waals surface area contributed by atoms with Crippen molar-refractivity contribution in [3.05, 3.63) is 35.7 Å². The van der Waals surface area contributed by atoms with Gasteiger partial charge in [0.05, 0.1) is 5.69 Å². The van der Waals surface area contributed by atoms with E-state index in [0.29, 0.717) is 5.76 Å². The molecule has 0 bridgehead atoms. The van der Waals surface area contributed by atoms with Crippen LogP contribution >= 0.6 is 0 Å². The summed E-state index contributed by atoms with van der Waals surface area (Å²) in [6.07, 6.45) is 5.44. The molecule has 0 unspecified atom stereocenters. The van der Waals surface area contributed by atoms with Crippen LogP contribution in [0.15, 0.2) is 24.4 Å². The summed E-state index contributed by atoms with van der Waals surface area (Å²) in [5, 5.41) is 9.38. The lowest BCUT2D eigenvalue weighted by Crippen LogP contribution is -2.00. The third-order valence-electron chi connectivity index (χ3n) is 1.89. The fourth-order valence-corrected chi connectivity index (χ4v) is 1.33. The summed E-state index contributed by atoms with van der Waals surface area (Å²) in [6, 6.07) is 3.74. The Balaban J connectivity index is 2.56. The van der Waals surface area contributed by atoms with Crippen molar-refractivity contribution in [3.8, 4) is 0 Å². The van der Waals surface area contributed by atoms with Crippen LogP contribution < -0.4 is 0 Å². The van der Waals surface area contributed by atoms with Gasteiger partial charge in [0.25, 0.3) is 0 Å². The van der Waals surface area contributed by atoms with E-state index in [-0.39, 0.29) is 0 Å². The molecule has 11 heavy (non-hydrogen) atoms. The van der Waals surface area contributed by atoms with Gasteiger partial charge in [0, 0.05) is 11.8 Å². The first-order valence-electron chi connectivity index (χ1n) is 3.71. The number of aromatic nitrogens is 1. The first kappa shape index (κ1) is 6.40. The number of pyridine rings is 1. The van der Waals surface area contributed by atoms with E-state index in [0.717, 1.165) is 24.1 Å². The molecule has 2 nitrogen and oxygen atoms in total. The Morgan fingerprint density at radius 2 is 2.36 bits per heavy atom. The summed E-state index contributed by atoms with van der Waals surface area (Å²) < 4.78 is 0. The fraction of sp³-hybridized carbons (Fsp3) is 0.222. The minimum atomic E-state index is 0.374. The molecular weight excluding hydrogens is 138 g/mol. The average Bonchev–Trinajstić information content (AvgIpc) is 2.06. The van der Waals surface area contributed by atoms with Gasteiger partial charge in [-0.1, -0.05) is 0 Å². The summed E-state index contributed by atoms with van der Waals surface area (Å²) in [6.45, 7) is 0. The lowest BCUT2D eigenvalue weighted by molar-refractivity contribution is 0.504. The quantitative estimate of drug-likeness (QED) is 0.608. The number of aliphatic hydroxyl groups excluding tert-OH is 1. The molecular formula is C9H9NO. The molecule has 56 valence electrons. The topological polar surface area (TPSA) is 33.1 Å². The minimum Gasteiger partial charge on any atom is -0.508 e.